The van der Waals surface area contributed by atoms with Crippen LogP contribution >= 0.6 is 0 Å². The van der Waals surface area contributed by atoms with Crippen molar-refractivity contribution in [3.63, 3.8) is 0 Å². The minimum absolute atomic E-state index is 0.186. The third kappa shape index (κ3) is 4.97. The van der Waals surface area contributed by atoms with Gasteiger partial charge in [0.15, 0.2) is 0 Å². The van der Waals surface area contributed by atoms with Gasteiger partial charge in [0.25, 0.3) is 5.91 Å². The standard InChI is InChI=1S/C21H33N3O/c1-3-13-23(4-2)20-9-7-18(8-10-20)21(25)24-14-11-19(12-15-24)22-16-17-5-6-17/h7-10,17,19,22H,3-6,11-16H2,1-2H3. The maximum Gasteiger partial charge on any atom is 0.253 e. The van der Waals surface area contributed by atoms with Gasteiger partial charge in [-0.25, -0.2) is 0 Å². The number of nitrogens with one attached hydrogen (secondary N) is 1. The van der Waals surface area contributed by atoms with E-state index >= 15 is 0 Å². The van der Waals surface area contributed by atoms with Gasteiger partial charge in [0.1, 0.15) is 0 Å². The van der Waals surface area contributed by atoms with Gasteiger partial charge >= 0.3 is 0 Å². The van der Waals surface area contributed by atoms with E-state index in [2.05, 4.69) is 36.2 Å². The Kier molecular flexibility index (Phi) is 6.35. The highest BCUT2D eigenvalue weighted by molar-refractivity contribution is 5.94. The predicted molar refractivity (Wildman–Crippen MR) is 104 cm³/mol. The molecular weight excluding hydrogens is 310 g/mol. The van der Waals surface area contributed by atoms with Crippen molar-refractivity contribution in [3.8, 4) is 0 Å². The second kappa shape index (κ2) is 8.70. The van der Waals surface area contributed by atoms with Crippen LogP contribution in [0.1, 0.15) is 56.3 Å². The molecule has 2 aliphatic rings. The number of likely N-dealkylation sites (tertiary alicyclic amines) is 1. The Bertz CT molecular complexity index is 545. The first kappa shape index (κ1) is 18.2. The summed E-state index contributed by atoms with van der Waals surface area (Å²) in [7, 11) is 0. The maximum absolute atomic E-state index is 12.8. The van der Waals surface area contributed by atoms with E-state index < -0.39 is 0 Å². The molecule has 0 aromatic heterocycles. The van der Waals surface area contributed by atoms with Crippen LogP contribution in [0.2, 0.25) is 0 Å². The Balaban J connectivity index is 1.50. The van der Waals surface area contributed by atoms with Gasteiger partial charge in [0.2, 0.25) is 0 Å². The van der Waals surface area contributed by atoms with E-state index in [1.165, 1.54) is 25.1 Å². The van der Waals surface area contributed by atoms with Crippen molar-refractivity contribution in [3.05, 3.63) is 29.8 Å². The van der Waals surface area contributed by atoms with Gasteiger partial charge in [-0.1, -0.05) is 6.92 Å². The zero-order valence-corrected chi connectivity index (χ0v) is 15.8. The van der Waals surface area contributed by atoms with Crippen LogP contribution in [-0.2, 0) is 0 Å². The lowest BCUT2D eigenvalue weighted by Gasteiger charge is -2.32. The molecule has 4 heteroatoms. The summed E-state index contributed by atoms with van der Waals surface area (Å²) in [4.78, 5) is 17.1. The average Bonchev–Trinajstić information content (AvgIpc) is 3.49. The number of carbonyl (C=O) groups is 1. The van der Waals surface area contributed by atoms with Crippen molar-refractivity contribution >= 4 is 11.6 Å². The number of rotatable bonds is 8. The number of carbonyl (C=O) groups excluding carboxylic acids is 1. The van der Waals surface area contributed by atoms with Crippen LogP contribution in [0.3, 0.4) is 0 Å². The molecule has 0 unspecified atom stereocenters. The van der Waals surface area contributed by atoms with Crippen LogP contribution in [0.5, 0.6) is 0 Å². The number of nitrogens with zero attached hydrogens (tertiary/aromatic N) is 2. The fraction of sp³-hybridized carbons (Fsp3) is 0.667. The van der Waals surface area contributed by atoms with E-state index in [4.69, 9.17) is 0 Å². The monoisotopic (exact) mass is 343 g/mol. The van der Waals surface area contributed by atoms with E-state index in [1.54, 1.807) is 0 Å². The summed E-state index contributed by atoms with van der Waals surface area (Å²) in [5.41, 5.74) is 2.03. The second-order valence-corrected chi connectivity index (χ2v) is 7.54. The molecule has 0 spiro atoms. The molecule has 1 heterocycles. The minimum Gasteiger partial charge on any atom is -0.372 e. The number of amides is 1. The van der Waals surface area contributed by atoms with Crippen molar-refractivity contribution in [2.24, 2.45) is 5.92 Å². The molecule has 1 N–H and O–H groups in total. The largest absolute Gasteiger partial charge is 0.372 e. The summed E-state index contributed by atoms with van der Waals surface area (Å²) in [6.07, 6.45) is 6.09. The molecule has 3 rings (SSSR count). The molecule has 0 atom stereocenters. The molecule has 1 aromatic carbocycles. The highest BCUT2D eigenvalue weighted by Crippen LogP contribution is 2.28. The summed E-state index contributed by atoms with van der Waals surface area (Å²) in [6.45, 7) is 9.36. The molecule has 0 radical (unpaired) electrons. The number of piperidine rings is 1. The molecule has 0 bridgehead atoms. The van der Waals surface area contributed by atoms with E-state index in [0.29, 0.717) is 6.04 Å². The van der Waals surface area contributed by atoms with E-state index in [0.717, 1.165) is 56.9 Å². The van der Waals surface area contributed by atoms with Crippen molar-refractivity contribution < 1.29 is 4.79 Å². The highest BCUT2D eigenvalue weighted by Gasteiger charge is 2.26. The minimum atomic E-state index is 0.186. The van der Waals surface area contributed by atoms with Crippen molar-refractivity contribution in [2.45, 2.75) is 52.0 Å². The zero-order chi connectivity index (χ0) is 17.6. The fourth-order valence-corrected chi connectivity index (χ4v) is 3.68. The molecule has 1 saturated heterocycles. The topological polar surface area (TPSA) is 35.6 Å². The Morgan fingerprint density at radius 3 is 2.36 bits per heavy atom. The number of hydrogen-bond donors (Lipinski definition) is 1. The normalized spacial score (nSPS) is 18.4. The molecule has 2 fully saturated rings. The Hall–Kier alpha value is -1.55. The lowest BCUT2D eigenvalue weighted by Crippen LogP contribution is -2.45. The van der Waals surface area contributed by atoms with Crippen molar-refractivity contribution in [2.75, 3.05) is 37.6 Å². The number of anilines is 1. The summed E-state index contributed by atoms with van der Waals surface area (Å²) in [6, 6.07) is 8.77. The van der Waals surface area contributed by atoms with Gasteiger partial charge in [-0.3, -0.25) is 4.79 Å². The summed E-state index contributed by atoms with van der Waals surface area (Å²) in [5, 5.41) is 3.68. The van der Waals surface area contributed by atoms with Gasteiger partial charge in [-0.05, 0) is 75.8 Å². The van der Waals surface area contributed by atoms with Gasteiger partial charge in [0.05, 0.1) is 0 Å². The molecule has 1 aliphatic heterocycles. The van der Waals surface area contributed by atoms with Gasteiger partial charge in [-0.2, -0.15) is 0 Å². The third-order valence-electron chi connectivity index (χ3n) is 5.53. The zero-order valence-electron chi connectivity index (χ0n) is 15.8. The van der Waals surface area contributed by atoms with Crippen LogP contribution in [0.25, 0.3) is 0 Å². The van der Waals surface area contributed by atoms with Crippen molar-refractivity contribution in [1.82, 2.24) is 10.2 Å². The number of hydrogen-bond acceptors (Lipinski definition) is 3. The first-order valence-corrected chi connectivity index (χ1v) is 10.1. The summed E-state index contributed by atoms with van der Waals surface area (Å²) >= 11 is 0. The van der Waals surface area contributed by atoms with E-state index in [9.17, 15) is 4.79 Å². The average molecular weight is 344 g/mol. The molecule has 25 heavy (non-hydrogen) atoms. The molecule has 1 aliphatic carbocycles. The first-order chi connectivity index (χ1) is 12.2. The molecule has 1 saturated carbocycles. The Morgan fingerprint density at radius 1 is 1.12 bits per heavy atom. The van der Waals surface area contributed by atoms with E-state index in [-0.39, 0.29) is 5.91 Å². The third-order valence-corrected chi connectivity index (χ3v) is 5.53. The van der Waals surface area contributed by atoms with E-state index in [1.807, 2.05) is 17.0 Å². The van der Waals surface area contributed by atoms with Crippen LogP contribution in [0.15, 0.2) is 24.3 Å². The summed E-state index contributed by atoms with van der Waals surface area (Å²) in [5.74, 6) is 1.11. The van der Waals surface area contributed by atoms with Crippen LogP contribution in [0, 0.1) is 5.92 Å². The Labute approximate surface area is 152 Å². The SMILES string of the molecule is CCCN(CC)c1ccc(C(=O)N2CCC(NCC3CC3)CC2)cc1. The maximum atomic E-state index is 12.8. The van der Waals surface area contributed by atoms with Gasteiger partial charge in [0, 0.05) is 43.5 Å². The first-order valence-electron chi connectivity index (χ1n) is 10.1. The fourth-order valence-electron chi connectivity index (χ4n) is 3.68. The molecule has 1 aromatic rings. The Morgan fingerprint density at radius 2 is 1.80 bits per heavy atom. The lowest BCUT2D eigenvalue weighted by molar-refractivity contribution is 0.0705. The van der Waals surface area contributed by atoms with Crippen LogP contribution in [-0.4, -0.2) is 49.6 Å². The van der Waals surface area contributed by atoms with Crippen molar-refractivity contribution in [1.29, 1.82) is 0 Å². The van der Waals surface area contributed by atoms with Crippen LogP contribution < -0.4 is 10.2 Å². The highest BCUT2D eigenvalue weighted by atomic mass is 16.2. The quantitative estimate of drug-likeness (QED) is 0.784. The molecular formula is C21H33N3O. The molecule has 138 valence electrons. The lowest BCUT2D eigenvalue weighted by atomic mass is 10.0. The molecule has 4 nitrogen and oxygen atoms in total. The summed E-state index contributed by atoms with van der Waals surface area (Å²) < 4.78 is 0. The van der Waals surface area contributed by atoms with Gasteiger partial charge < -0.3 is 15.1 Å². The van der Waals surface area contributed by atoms with Crippen LogP contribution in [0.4, 0.5) is 5.69 Å². The second-order valence-electron chi connectivity index (χ2n) is 7.54. The number of benzene rings is 1. The predicted octanol–water partition coefficient (Wildman–Crippen LogP) is 3.53. The van der Waals surface area contributed by atoms with Gasteiger partial charge in [-0.15, -0.1) is 0 Å². The smallest absolute Gasteiger partial charge is 0.253 e. The molecule has 1 amide bonds.